The lowest BCUT2D eigenvalue weighted by atomic mass is 10.1. The van der Waals surface area contributed by atoms with E-state index in [1.807, 2.05) is 14.0 Å². The van der Waals surface area contributed by atoms with Gasteiger partial charge in [0.05, 0.1) is 18.5 Å². The number of ether oxygens (including phenoxy) is 1. The summed E-state index contributed by atoms with van der Waals surface area (Å²) in [6, 6.07) is 0.518. The molecule has 19 heavy (non-hydrogen) atoms. The third-order valence-electron chi connectivity index (χ3n) is 3.52. The van der Waals surface area contributed by atoms with Gasteiger partial charge in [-0.1, -0.05) is 13.8 Å². The molecule has 1 heterocycles. The maximum Gasteiger partial charge on any atom is 0.341 e. The molecule has 1 aromatic heterocycles. The smallest absolute Gasteiger partial charge is 0.341 e. The summed E-state index contributed by atoms with van der Waals surface area (Å²) in [6.45, 7) is 7.26. The predicted octanol–water partition coefficient (Wildman–Crippen LogP) is 2.22. The Labute approximate surface area is 115 Å². The molecular formula is C14H25N3O2. The van der Waals surface area contributed by atoms with Crippen molar-refractivity contribution in [2.75, 3.05) is 13.7 Å². The Morgan fingerprint density at radius 2 is 2.05 bits per heavy atom. The average Bonchev–Trinajstić information content (AvgIpc) is 2.73. The normalized spacial score (nSPS) is 11.3. The summed E-state index contributed by atoms with van der Waals surface area (Å²) in [5, 5.41) is 4.17. The predicted molar refractivity (Wildman–Crippen MR) is 75.0 cm³/mol. The summed E-state index contributed by atoms with van der Waals surface area (Å²) < 4.78 is 6.82. The van der Waals surface area contributed by atoms with Crippen LogP contribution in [0.5, 0.6) is 0 Å². The second kappa shape index (κ2) is 7.28. The Kier molecular flexibility index (Phi) is 6.02. The van der Waals surface area contributed by atoms with Crippen LogP contribution in [0.25, 0.3) is 0 Å². The Morgan fingerprint density at radius 1 is 1.42 bits per heavy atom. The van der Waals surface area contributed by atoms with Crippen molar-refractivity contribution in [3.05, 3.63) is 17.5 Å². The summed E-state index contributed by atoms with van der Waals surface area (Å²) in [6.07, 6.45) is 3.78. The van der Waals surface area contributed by atoms with Gasteiger partial charge in [-0.3, -0.25) is 9.58 Å². The SMILES string of the molecule is CCOC(=O)c1cnn(C)c1CN(C)C(CC)CC. The topological polar surface area (TPSA) is 47.4 Å². The average molecular weight is 267 g/mol. The Balaban J connectivity index is 2.88. The van der Waals surface area contributed by atoms with Gasteiger partial charge in [0.25, 0.3) is 0 Å². The van der Waals surface area contributed by atoms with Crippen LogP contribution in [0.15, 0.2) is 6.20 Å². The fourth-order valence-electron chi connectivity index (χ4n) is 2.31. The first kappa shape index (κ1) is 15.7. The van der Waals surface area contributed by atoms with Gasteiger partial charge in [0, 0.05) is 19.6 Å². The van der Waals surface area contributed by atoms with Crippen molar-refractivity contribution in [2.24, 2.45) is 7.05 Å². The second-order valence-electron chi connectivity index (χ2n) is 4.73. The Morgan fingerprint density at radius 3 is 2.58 bits per heavy atom. The van der Waals surface area contributed by atoms with Crippen LogP contribution in [-0.2, 0) is 18.3 Å². The molecule has 5 nitrogen and oxygen atoms in total. The van der Waals surface area contributed by atoms with E-state index in [9.17, 15) is 4.79 Å². The van der Waals surface area contributed by atoms with Crippen LogP contribution in [0, 0.1) is 0 Å². The van der Waals surface area contributed by atoms with Crippen LogP contribution in [0.1, 0.15) is 49.7 Å². The molecule has 1 aromatic rings. The molecule has 1 rings (SSSR count). The number of esters is 1. The van der Waals surface area contributed by atoms with Gasteiger partial charge in [-0.25, -0.2) is 4.79 Å². The lowest BCUT2D eigenvalue weighted by Crippen LogP contribution is -2.31. The lowest BCUT2D eigenvalue weighted by Gasteiger charge is -2.26. The number of carbonyl (C=O) groups excluding carboxylic acids is 1. The van der Waals surface area contributed by atoms with Gasteiger partial charge < -0.3 is 4.74 Å². The van der Waals surface area contributed by atoms with Crippen LogP contribution >= 0.6 is 0 Å². The first-order valence-electron chi connectivity index (χ1n) is 6.93. The molecule has 0 aromatic carbocycles. The van der Waals surface area contributed by atoms with Crippen molar-refractivity contribution < 1.29 is 9.53 Å². The van der Waals surface area contributed by atoms with Gasteiger partial charge in [-0.05, 0) is 26.8 Å². The van der Waals surface area contributed by atoms with Gasteiger partial charge in [0.15, 0.2) is 0 Å². The van der Waals surface area contributed by atoms with Crippen LogP contribution in [-0.4, -0.2) is 40.3 Å². The van der Waals surface area contributed by atoms with Crippen LogP contribution in [0.3, 0.4) is 0 Å². The number of nitrogens with zero attached hydrogens (tertiary/aromatic N) is 3. The quantitative estimate of drug-likeness (QED) is 0.711. The molecule has 0 saturated carbocycles. The van der Waals surface area contributed by atoms with E-state index in [1.165, 1.54) is 0 Å². The van der Waals surface area contributed by atoms with Gasteiger partial charge in [-0.15, -0.1) is 0 Å². The van der Waals surface area contributed by atoms with Crippen molar-refractivity contribution in [1.82, 2.24) is 14.7 Å². The number of rotatable bonds is 7. The van der Waals surface area contributed by atoms with Crippen molar-refractivity contribution in [3.8, 4) is 0 Å². The Bertz CT molecular complexity index is 411. The molecule has 0 fully saturated rings. The number of aromatic nitrogens is 2. The van der Waals surface area contributed by atoms with E-state index in [4.69, 9.17) is 4.74 Å². The summed E-state index contributed by atoms with van der Waals surface area (Å²) >= 11 is 0. The van der Waals surface area contributed by atoms with E-state index in [1.54, 1.807) is 10.9 Å². The van der Waals surface area contributed by atoms with Crippen LogP contribution < -0.4 is 0 Å². The first-order valence-corrected chi connectivity index (χ1v) is 6.93. The third kappa shape index (κ3) is 3.80. The molecule has 0 aliphatic carbocycles. The summed E-state index contributed by atoms with van der Waals surface area (Å²) in [7, 11) is 3.94. The van der Waals surface area contributed by atoms with Crippen LogP contribution in [0.4, 0.5) is 0 Å². The van der Waals surface area contributed by atoms with Crippen molar-refractivity contribution in [2.45, 2.75) is 46.2 Å². The largest absolute Gasteiger partial charge is 0.462 e. The van der Waals surface area contributed by atoms with Gasteiger partial charge in [-0.2, -0.15) is 5.10 Å². The zero-order valence-electron chi connectivity index (χ0n) is 12.6. The molecule has 0 atom stereocenters. The highest BCUT2D eigenvalue weighted by Gasteiger charge is 2.20. The van der Waals surface area contributed by atoms with Gasteiger partial charge in [0.1, 0.15) is 5.56 Å². The molecule has 0 saturated heterocycles. The Hall–Kier alpha value is -1.36. The monoisotopic (exact) mass is 267 g/mol. The molecule has 0 radical (unpaired) electrons. The summed E-state index contributed by atoms with van der Waals surface area (Å²) in [5.74, 6) is -0.288. The molecule has 0 aliphatic rings. The third-order valence-corrected chi connectivity index (χ3v) is 3.52. The van der Waals surface area contributed by atoms with Crippen molar-refractivity contribution in [3.63, 3.8) is 0 Å². The molecule has 108 valence electrons. The molecule has 0 aliphatic heterocycles. The van der Waals surface area contributed by atoms with E-state index in [-0.39, 0.29) is 5.97 Å². The number of hydrogen-bond acceptors (Lipinski definition) is 4. The van der Waals surface area contributed by atoms with Gasteiger partial charge >= 0.3 is 5.97 Å². The van der Waals surface area contributed by atoms with Crippen LogP contribution in [0.2, 0.25) is 0 Å². The maximum atomic E-state index is 11.9. The number of carbonyl (C=O) groups is 1. The fourth-order valence-corrected chi connectivity index (χ4v) is 2.31. The zero-order chi connectivity index (χ0) is 14.4. The minimum Gasteiger partial charge on any atom is -0.462 e. The summed E-state index contributed by atoms with van der Waals surface area (Å²) in [5.41, 5.74) is 1.48. The highest BCUT2D eigenvalue weighted by atomic mass is 16.5. The van der Waals surface area contributed by atoms with E-state index in [0.717, 1.165) is 18.5 Å². The first-order chi connectivity index (χ1) is 9.04. The van der Waals surface area contributed by atoms with Gasteiger partial charge in [0.2, 0.25) is 0 Å². The molecule has 5 heteroatoms. The highest BCUT2D eigenvalue weighted by molar-refractivity contribution is 5.90. The maximum absolute atomic E-state index is 11.9. The summed E-state index contributed by atoms with van der Waals surface area (Å²) in [4.78, 5) is 14.1. The number of hydrogen-bond donors (Lipinski definition) is 0. The minimum atomic E-state index is -0.288. The molecule has 0 unspecified atom stereocenters. The molecule has 0 amide bonds. The van der Waals surface area contributed by atoms with E-state index < -0.39 is 0 Å². The van der Waals surface area contributed by atoms with Crippen molar-refractivity contribution >= 4 is 5.97 Å². The van der Waals surface area contributed by atoms with E-state index in [2.05, 4.69) is 30.9 Å². The molecule has 0 N–H and O–H groups in total. The fraction of sp³-hybridized carbons (Fsp3) is 0.714. The second-order valence-corrected chi connectivity index (χ2v) is 4.73. The lowest BCUT2D eigenvalue weighted by molar-refractivity contribution is 0.0523. The highest BCUT2D eigenvalue weighted by Crippen LogP contribution is 2.15. The standard InChI is InChI=1S/C14H25N3O2/c1-6-11(7-2)16(4)10-13-12(9-15-17(13)5)14(18)19-8-3/h9,11H,6-8,10H2,1-5H3. The van der Waals surface area contributed by atoms with E-state index >= 15 is 0 Å². The van der Waals surface area contributed by atoms with Crippen molar-refractivity contribution in [1.29, 1.82) is 0 Å². The molecule has 0 spiro atoms. The molecule has 0 bridgehead atoms. The molecular weight excluding hydrogens is 242 g/mol. The minimum absolute atomic E-state index is 0.288. The zero-order valence-corrected chi connectivity index (χ0v) is 12.6. The van der Waals surface area contributed by atoms with E-state index in [0.29, 0.717) is 24.8 Å². The number of aryl methyl sites for hydroxylation is 1.